The lowest BCUT2D eigenvalue weighted by Gasteiger charge is -2.35. The topological polar surface area (TPSA) is 127 Å². The van der Waals surface area contributed by atoms with Crippen LogP contribution in [0.3, 0.4) is 0 Å². The third kappa shape index (κ3) is 5.96. The fraction of sp³-hybridized carbons (Fsp3) is 0.714. The van der Waals surface area contributed by atoms with Gasteiger partial charge in [-0.1, -0.05) is 0 Å². The molecule has 4 atom stereocenters. The molecule has 2 heterocycles. The second kappa shape index (κ2) is 9.72. The van der Waals surface area contributed by atoms with Crippen LogP contribution in [0.2, 0.25) is 0 Å². The van der Waals surface area contributed by atoms with Crippen LogP contribution in [0.25, 0.3) is 0 Å². The van der Waals surface area contributed by atoms with Crippen molar-refractivity contribution < 1.29 is 33.7 Å². The second-order valence-electron chi connectivity index (χ2n) is 9.08. The molecule has 32 heavy (non-hydrogen) atoms. The van der Waals surface area contributed by atoms with Crippen LogP contribution in [0, 0.1) is 0 Å². The zero-order valence-corrected chi connectivity index (χ0v) is 20.6. The molecule has 0 spiro atoms. The Morgan fingerprint density at radius 2 is 2.00 bits per heavy atom. The van der Waals surface area contributed by atoms with Crippen molar-refractivity contribution in [3.8, 4) is 0 Å². The van der Waals surface area contributed by atoms with Gasteiger partial charge in [-0.15, -0.1) is 11.3 Å². The van der Waals surface area contributed by atoms with Crippen LogP contribution < -0.4 is 5.32 Å². The quantitative estimate of drug-likeness (QED) is 0.606. The van der Waals surface area contributed by atoms with Crippen LogP contribution in [0.15, 0.2) is 5.38 Å². The standard InChI is InChI=1S/C21H33N3O7S/c1-9-29-18(27)13-10-32-17(22-13)14(11(2)25)23-16(26)15-12(3)30-21(7,8)24(15)19(28)31-20(4,5)6/h10-12,14-15,25H,9H2,1-8H3,(H,23,26)/t11-,12-,14+,15+/m1/s1. The minimum Gasteiger partial charge on any atom is -0.461 e. The van der Waals surface area contributed by atoms with Gasteiger partial charge in [0.25, 0.3) is 0 Å². The molecule has 10 nitrogen and oxygen atoms in total. The molecule has 0 radical (unpaired) electrons. The number of ether oxygens (including phenoxy) is 3. The summed E-state index contributed by atoms with van der Waals surface area (Å²) in [4.78, 5) is 43.6. The summed E-state index contributed by atoms with van der Waals surface area (Å²) in [6, 6.07) is -1.89. The van der Waals surface area contributed by atoms with Crippen molar-refractivity contribution in [2.45, 2.75) is 91.0 Å². The largest absolute Gasteiger partial charge is 0.461 e. The Balaban J connectivity index is 2.28. The number of rotatable bonds is 6. The van der Waals surface area contributed by atoms with E-state index in [0.29, 0.717) is 5.01 Å². The predicted octanol–water partition coefficient (Wildman–Crippen LogP) is 2.62. The zero-order chi connectivity index (χ0) is 24.4. The number of amides is 2. The maximum Gasteiger partial charge on any atom is 0.413 e. The van der Waals surface area contributed by atoms with Crippen molar-refractivity contribution in [1.29, 1.82) is 0 Å². The molecule has 0 unspecified atom stereocenters. The van der Waals surface area contributed by atoms with Crippen LogP contribution in [0.5, 0.6) is 0 Å². The first kappa shape index (κ1) is 26.0. The Morgan fingerprint density at radius 3 is 2.53 bits per heavy atom. The number of hydrogen-bond acceptors (Lipinski definition) is 9. The number of aliphatic hydroxyl groups is 1. The summed E-state index contributed by atoms with van der Waals surface area (Å²) in [5, 5.41) is 14.9. The number of esters is 1. The third-order valence-corrected chi connectivity index (χ3v) is 5.62. The van der Waals surface area contributed by atoms with Crippen molar-refractivity contribution in [1.82, 2.24) is 15.2 Å². The predicted molar refractivity (Wildman–Crippen MR) is 117 cm³/mol. The number of hydrogen-bond donors (Lipinski definition) is 2. The van der Waals surface area contributed by atoms with Gasteiger partial charge in [-0.25, -0.2) is 14.6 Å². The Labute approximate surface area is 192 Å². The van der Waals surface area contributed by atoms with Gasteiger partial charge in [0, 0.05) is 5.38 Å². The summed E-state index contributed by atoms with van der Waals surface area (Å²) < 4.78 is 16.3. The van der Waals surface area contributed by atoms with Gasteiger partial charge >= 0.3 is 12.1 Å². The van der Waals surface area contributed by atoms with Crippen LogP contribution in [0.4, 0.5) is 4.79 Å². The molecule has 2 rings (SSSR count). The number of nitrogens with one attached hydrogen (secondary N) is 1. The van der Waals surface area contributed by atoms with E-state index < -0.39 is 53.6 Å². The Kier molecular flexibility index (Phi) is 7.90. The van der Waals surface area contributed by atoms with Crippen molar-refractivity contribution in [3.05, 3.63) is 16.1 Å². The number of carbonyl (C=O) groups excluding carboxylic acids is 3. The molecule has 0 aromatic carbocycles. The smallest absolute Gasteiger partial charge is 0.413 e. The molecule has 1 aromatic rings. The first-order chi connectivity index (χ1) is 14.7. The Morgan fingerprint density at radius 1 is 1.38 bits per heavy atom. The molecule has 1 fully saturated rings. The SMILES string of the molecule is CCOC(=O)c1csc([C@@H](NC(=O)[C@@H]2[C@@H](C)OC(C)(C)N2C(=O)OC(C)(C)C)[C@@H](C)O)n1. The van der Waals surface area contributed by atoms with E-state index in [1.54, 1.807) is 48.5 Å². The van der Waals surface area contributed by atoms with E-state index in [0.717, 1.165) is 11.3 Å². The molecule has 1 saturated heterocycles. The summed E-state index contributed by atoms with van der Waals surface area (Å²) in [7, 11) is 0. The third-order valence-electron chi connectivity index (χ3n) is 4.69. The Hall–Kier alpha value is -2.24. The van der Waals surface area contributed by atoms with Gasteiger partial charge in [-0.2, -0.15) is 0 Å². The van der Waals surface area contributed by atoms with Gasteiger partial charge in [0.05, 0.1) is 18.8 Å². The van der Waals surface area contributed by atoms with Crippen molar-refractivity contribution in [2.75, 3.05) is 6.61 Å². The maximum absolute atomic E-state index is 13.3. The van der Waals surface area contributed by atoms with Crippen LogP contribution in [0.1, 0.15) is 76.9 Å². The monoisotopic (exact) mass is 471 g/mol. The molecular weight excluding hydrogens is 438 g/mol. The number of thiazole rings is 1. The van der Waals surface area contributed by atoms with E-state index in [1.807, 2.05) is 0 Å². The van der Waals surface area contributed by atoms with E-state index in [9.17, 15) is 19.5 Å². The van der Waals surface area contributed by atoms with Gasteiger partial charge in [0.15, 0.2) is 5.69 Å². The fourth-order valence-electron chi connectivity index (χ4n) is 3.45. The summed E-state index contributed by atoms with van der Waals surface area (Å²) >= 11 is 1.12. The average molecular weight is 472 g/mol. The molecular formula is C21H33N3O7S. The molecule has 0 bridgehead atoms. The van der Waals surface area contributed by atoms with Gasteiger partial charge in [0.2, 0.25) is 5.91 Å². The summed E-state index contributed by atoms with van der Waals surface area (Å²) in [5.41, 5.74) is -1.74. The summed E-state index contributed by atoms with van der Waals surface area (Å²) in [6.07, 6.45) is -2.32. The number of nitrogens with zero attached hydrogens (tertiary/aromatic N) is 2. The molecule has 1 aliphatic rings. The first-order valence-corrected chi connectivity index (χ1v) is 11.4. The van der Waals surface area contributed by atoms with Crippen molar-refractivity contribution in [3.63, 3.8) is 0 Å². The van der Waals surface area contributed by atoms with E-state index in [2.05, 4.69) is 10.3 Å². The summed E-state index contributed by atoms with van der Waals surface area (Å²) in [6.45, 7) is 13.7. The Bertz CT molecular complexity index is 847. The highest BCUT2D eigenvalue weighted by molar-refractivity contribution is 7.09. The normalized spacial score (nSPS) is 22.2. The minimum absolute atomic E-state index is 0.0980. The molecule has 1 aliphatic heterocycles. The molecule has 0 aliphatic carbocycles. The van der Waals surface area contributed by atoms with Crippen molar-refractivity contribution in [2.24, 2.45) is 0 Å². The van der Waals surface area contributed by atoms with Gasteiger partial charge in [0.1, 0.15) is 28.4 Å². The molecule has 11 heteroatoms. The number of aliphatic hydroxyl groups excluding tert-OH is 1. The summed E-state index contributed by atoms with van der Waals surface area (Å²) in [5.74, 6) is -1.12. The lowest BCUT2D eigenvalue weighted by molar-refractivity contribution is -0.128. The molecule has 2 amide bonds. The van der Waals surface area contributed by atoms with E-state index in [4.69, 9.17) is 14.2 Å². The molecule has 2 N–H and O–H groups in total. The molecule has 0 saturated carbocycles. The lowest BCUT2D eigenvalue weighted by Crippen LogP contribution is -2.56. The lowest BCUT2D eigenvalue weighted by atomic mass is 10.1. The number of carbonyl (C=O) groups is 3. The van der Waals surface area contributed by atoms with Crippen LogP contribution in [-0.2, 0) is 19.0 Å². The van der Waals surface area contributed by atoms with E-state index >= 15 is 0 Å². The highest BCUT2D eigenvalue weighted by atomic mass is 32.1. The number of aromatic nitrogens is 1. The van der Waals surface area contributed by atoms with Crippen molar-refractivity contribution >= 4 is 29.3 Å². The highest BCUT2D eigenvalue weighted by Gasteiger charge is 2.53. The van der Waals surface area contributed by atoms with Gasteiger partial charge < -0.3 is 24.6 Å². The van der Waals surface area contributed by atoms with Gasteiger partial charge in [-0.3, -0.25) is 9.69 Å². The molecule has 180 valence electrons. The van der Waals surface area contributed by atoms with Gasteiger partial charge in [-0.05, 0) is 55.4 Å². The average Bonchev–Trinajstić information content (AvgIpc) is 3.19. The highest BCUT2D eigenvalue weighted by Crippen LogP contribution is 2.34. The van der Waals surface area contributed by atoms with Crippen LogP contribution in [-0.4, -0.2) is 69.1 Å². The first-order valence-electron chi connectivity index (χ1n) is 10.5. The maximum atomic E-state index is 13.3. The van der Waals surface area contributed by atoms with E-state index in [-0.39, 0.29) is 12.3 Å². The van der Waals surface area contributed by atoms with Crippen LogP contribution >= 0.6 is 11.3 Å². The molecule has 1 aromatic heterocycles. The minimum atomic E-state index is -1.08. The second-order valence-corrected chi connectivity index (χ2v) is 9.97. The van der Waals surface area contributed by atoms with E-state index in [1.165, 1.54) is 17.2 Å². The zero-order valence-electron chi connectivity index (χ0n) is 19.8. The fourth-order valence-corrected chi connectivity index (χ4v) is 4.39.